The monoisotopic (exact) mass is 389 g/mol. The summed E-state index contributed by atoms with van der Waals surface area (Å²) >= 11 is 0. The van der Waals surface area contributed by atoms with Gasteiger partial charge >= 0.3 is 0 Å². The van der Waals surface area contributed by atoms with Crippen LogP contribution in [0.2, 0.25) is 0 Å². The molecular weight excluding hydrogens is 354 g/mol. The molecule has 0 unspecified atom stereocenters. The van der Waals surface area contributed by atoms with Gasteiger partial charge in [0.15, 0.2) is 0 Å². The van der Waals surface area contributed by atoms with Gasteiger partial charge in [-0.15, -0.1) is 0 Å². The lowest BCUT2D eigenvalue weighted by Gasteiger charge is -2.36. The van der Waals surface area contributed by atoms with E-state index in [1.807, 2.05) is 4.90 Å². The number of hydrogen-bond acceptors (Lipinski definition) is 4. The molecule has 0 bridgehead atoms. The van der Waals surface area contributed by atoms with Crippen LogP contribution in [0.4, 0.5) is 0 Å². The van der Waals surface area contributed by atoms with Crippen molar-refractivity contribution < 1.29 is 19.4 Å². The van der Waals surface area contributed by atoms with Crippen LogP contribution in [0.5, 0.6) is 5.75 Å². The number of amides is 1. The maximum absolute atomic E-state index is 13.0. The summed E-state index contributed by atoms with van der Waals surface area (Å²) in [5.74, 6) is 1.57. The summed E-state index contributed by atoms with van der Waals surface area (Å²) in [4.78, 5) is 15.0. The molecule has 1 aromatic rings. The van der Waals surface area contributed by atoms with Crippen molar-refractivity contribution in [2.24, 2.45) is 11.8 Å². The van der Waals surface area contributed by atoms with Crippen molar-refractivity contribution in [3.8, 4) is 5.75 Å². The first-order valence-corrected chi connectivity index (χ1v) is 10.6. The summed E-state index contributed by atoms with van der Waals surface area (Å²) in [7, 11) is 1.68. The number of benzene rings is 1. The van der Waals surface area contributed by atoms with Crippen LogP contribution in [0, 0.1) is 25.7 Å². The van der Waals surface area contributed by atoms with Crippen LogP contribution in [0.15, 0.2) is 6.07 Å². The predicted octanol–water partition coefficient (Wildman–Crippen LogP) is 3.05. The van der Waals surface area contributed by atoms with Gasteiger partial charge in [0.2, 0.25) is 5.91 Å². The Hall–Kier alpha value is -1.59. The molecule has 1 heterocycles. The molecule has 3 rings (SSSR count). The fraction of sp³-hybridized carbons (Fsp3) is 0.696. The molecule has 5 nitrogen and oxygen atoms in total. The van der Waals surface area contributed by atoms with Crippen LogP contribution >= 0.6 is 0 Å². The van der Waals surface area contributed by atoms with Crippen molar-refractivity contribution in [2.75, 3.05) is 33.4 Å². The summed E-state index contributed by atoms with van der Waals surface area (Å²) in [5.41, 5.74) is 5.31. The number of ether oxygens (including phenoxy) is 2. The molecule has 1 N–H and O–H groups in total. The van der Waals surface area contributed by atoms with E-state index in [4.69, 9.17) is 9.47 Å². The van der Waals surface area contributed by atoms with Gasteiger partial charge in [-0.2, -0.15) is 0 Å². The van der Waals surface area contributed by atoms with Gasteiger partial charge in [0.05, 0.1) is 12.7 Å². The van der Waals surface area contributed by atoms with Crippen molar-refractivity contribution in [1.29, 1.82) is 0 Å². The number of carbonyl (C=O) groups excluding carboxylic acids is 1. The maximum atomic E-state index is 13.0. The fourth-order valence-electron chi connectivity index (χ4n) is 4.71. The molecule has 0 radical (unpaired) electrons. The van der Waals surface area contributed by atoms with Crippen molar-refractivity contribution >= 4 is 5.91 Å². The molecular formula is C23H35NO4. The van der Waals surface area contributed by atoms with Crippen LogP contribution in [0.25, 0.3) is 0 Å². The van der Waals surface area contributed by atoms with Crippen molar-refractivity contribution in [3.63, 3.8) is 0 Å². The Labute approximate surface area is 169 Å². The van der Waals surface area contributed by atoms with Crippen molar-refractivity contribution in [3.05, 3.63) is 28.3 Å². The number of piperidine rings is 1. The Morgan fingerprint density at radius 3 is 2.61 bits per heavy atom. The number of hydrogen-bond donors (Lipinski definition) is 1. The molecule has 156 valence electrons. The first kappa shape index (κ1) is 21.1. The molecule has 0 aromatic heterocycles. The highest BCUT2D eigenvalue weighted by atomic mass is 16.5. The van der Waals surface area contributed by atoms with E-state index in [-0.39, 0.29) is 17.9 Å². The number of carbonyl (C=O) groups is 1. The van der Waals surface area contributed by atoms with Crippen LogP contribution in [-0.4, -0.2) is 55.4 Å². The molecule has 0 spiro atoms. The average Bonchev–Trinajstić information content (AvgIpc) is 2.71. The third-order valence-electron chi connectivity index (χ3n) is 6.66. The van der Waals surface area contributed by atoms with E-state index in [1.165, 1.54) is 22.3 Å². The van der Waals surface area contributed by atoms with Crippen LogP contribution < -0.4 is 4.74 Å². The number of aliphatic hydroxyl groups excluding tert-OH is 1. The third-order valence-corrected chi connectivity index (χ3v) is 6.66. The van der Waals surface area contributed by atoms with E-state index < -0.39 is 0 Å². The highest BCUT2D eigenvalue weighted by Crippen LogP contribution is 2.38. The largest absolute Gasteiger partial charge is 0.491 e. The second kappa shape index (κ2) is 9.27. The summed E-state index contributed by atoms with van der Waals surface area (Å²) in [6.45, 7) is 8.89. The molecule has 1 aliphatic carbocycles. The number of nitrogens with zero attached hydrogens (tertiary/aromatic N) is 1. The molecule has 2 atom stereocenters. The molecule has 0 saturated carbocycles. The Morgan fingerprint density at radius 2 is 1.93 bits per heavy atom. The number of aryl methyl sites for hydroxylation is 1. The molecule has 28 heavy (non-hydrogen) atoms. The number of aliphatic hydroxyl groups is 1. The maximum Gasteiger partial charge on any atom is 0.225 e. The molecule has 1 amide bonds. The van der Waals surface area contributed by atoms with Crippen molar-refractivity contribution in [2.45, 2.75) is 59.0 Å². The zero-order valence-corrected chi connectivity index (χ0v) is 17.8. The first-order valence-electron chi connectivity index (χ1n) is 10.6. The summed E-state index contributed by atoms with van der Waals surface area (Å²) in [6.07, 6.45) is 4.18. The zero-order chi connectivity index (χ0) is 20.3. The van der Waals surface area contributed by atoms with Crippen LogP contribution in [0.1, 0.15) is 48.4 Å². The molecule has 1 aliphatic heterocycles. The summed E-state index contributed by atoms with van der Waals surface area (Å²) < 4.78 is 11.1. The number of likely N-dealkylation sites (tertiary alicyclic amines) is 1. The first-order chi connectivity index (χ1) is 13.4. The minimum absolute atomic E-state index is 0.0150. The summed E-state index contributed by atoms with van der Waals surface area (Å²) in [5, 5.41) is 9.71. The van der Waals surface area contributed by atoms with E-state index in [1.54, 1.807) is 7.11 Å². The highest BCUT2D eigenvalue weighted by Gasteiger charge is 2.33. The highest BCUT2D eigenvalue weighted by molar-refractivity contribution is 5.79. The molecule has 5 heteroatoms. The minimum Gasteiger partial charge on any atom is -0.491 e. The number of fused-ring (bicyclic) bond motifs is 1. The Balaban J connectivity index is 1.72. The van der Waals surface area contributed by atoms with Crippen molar-refractivity contribution in [1.82, 2.24) is 4.90 Å². The zero-order valence-electron chi connectivity index (χ0n) is 17.8. The van der Waals surface area contributed by atoms with Gasteiger partial charge in [0.25, 0.3) is 0 Å². The summed E-state index contributed by atoms with van der Waals surface area (Å²) in [6, 6.07) is 2.15. The van der Waals surface area contributed by atoms with Gasteiger partial charge in [0, 0.05) is 26.1 Å². The standard InChI is InChI=1S/C23H35NO4/c1-15-13-22(28-12-11-27-4)17(3)21-14-18(5-6-20(15)21)16(2)23(26)24-9-7-19(25)8-10-24/h13,16,18-19,25H,5-12,14H2,1-4H3/t16-,18+/m0/s1. The number of methoxy groups -OCH3 is 1. The SMILES string of the molecule is COCCOc1cc(C)c2c(c1C)C[C@H]([C@H](C)C(=O)N1CCC(O)CC1)CC2. The molecule has 2 aliphatic rings. The van der Waals surface area contributed by atoms with Gasteiger partial charge in [-0.1, -0.05) is 6.92 Å². The fourth-order valence-corrected chi connectivity index (χ4v) is 4.71. The van der Waals surface area contributed by atoms with Crippen LogP contribution in [0.3, 0.4) is 0 Å². The van der Waals surface area contributed by atoms with Gasteiger partial charge < -0.3 is 19.5 Å². The third kappa shape index (κ3) is 4.52. The van der Waals surface area contributed by atoms with E-state index in [9.17, 15) is 9.90 Å². The second-order valence-corrected chi connectivity index (χ2v) is 8.46. The van der Waals surface area contributed by atoms with Gasteiger partial charge in [-0.25, -0.2) is 0 Å². The van der Waals surface area contributed by atoms with Gasteiger partial charge in [-0.05, 0) is 80.2 Å². The average molecular weight is 390 g/mol. The van der Waals surface area contributed by atoms with Crippen LogP contribution in [-0.2, 0) is 22.4 Å². The Morgan fingerprint density at radius 1 is 1.21 bits per heavy atom. The quantitative estimate of drug-likeness (QED) is 0.760. The Bertz CT molecular complexity index is 694. The number of rotatable bonds is 6. The predicted molar refractivity (Wildman–Crippen MR) is 110 cm³/mol. The smallest absolute Gasteiger partial charge is 0.225 e. The second-order valence-electron chi connectivity index (χ2n) is 8.46. The van der Waals surface area contributed by atoms with E-state index in [0.29, 0.717) is 45.1 Å². The lowest BCUT2D eigenvalue weighted by atomic mass is 9.74. The molecule has 1 aromatic carbocycles. The van der Waals surface area contributed by atoms with E-state index in [2.05, 4.69) is 26.8 Å². The normalized spacial score (nSPS) is 21.3. The topological polar surface area (TPSA) is 59.0 Å². The Kier molecular flexibility index (Phi) is 7.00. The lowest BCUT2D eigenvalue weighted by Crippen LogP contribution is -2.44. The van der Waals surface area contributed by atoms with Gasteiger partial charge in [-0.3, -0.25) is 4.79 Å². The molecule has 1 saturated heterocycles. The molecule has 1 fully saturated rings. The lowest BCUT2D eigenvalue weighted by molar-refractivity contribution is -0.138. The van der Waals surface area contributed by atoms with E-state index >= 15 is 0 Å². The minimum atomic E-state index is -0.247. The van der Waals surface area contributed by atoms with Gasteiger partial charge in [0.1, 0.15) is 12.4 Å². The van der Waals surface area contributed by atoms with E-state index in [0.717, 1.165) is 25.0 Å².